The Bertz CT molecular complexity index is 196. The van der Waals surface area contributed by atoms with Crippen LogP contribution >= 0.6 is 24.4 Å². The monoisotopic (exact) mass is 249 g/mol. The summed E-state index contributed by atoms with van der Waals surface area (Å²) >= 11 is 6.09. The smallest absolute Gasteiger partial charge is 0.217 e. The minimum Gasteiger partial charge on any atom is -0.370 e. The first-order valence-corrected chi connectivity index (χ1v) is 6.96. The van der Waals surface area contributed by atoms with Crippen molar-refractivity contribution in [2.45, 2.75) is 42.8 Å². The molecule has 15 heavy (non-hydrogen) atoms. The molecule has 1 saturated heterocycles. The van der Waals surface area contributed by atoms with Crippen LogP contribution in [0, 0.1) is 0 Å². The third kappa shape index (κ3) is 5.68. The zero-order valence-corrected chi connectivity index (χ0v) is 10.6. The molecule has 0 spiro atoms. The number of thiol groups is 1. The van der Waals surface area contributed by atoms with Crippen LogP contribution in [0.3, 0.4) is 0 Å². The Balaban J connectivity index is 2.22. The maximum absolute atomic E-state index is 10.7. The van der Waals surface area contributed by atoms with E-state index in [0.29, 0.717) is 17.1 Å². The molecule has 1 fully saturated rings. The molecule has 2 atom stereocenters. The van der Waals surface area contributed by atoms with Gasteiger partial charge in [0, 0.05) is 24.0 Å². The van der Waals surface area contributed by atoms with E-state index in [1.165, 1.54) is 12.8 Å². The summed E-state index contributed by atoms with van der Waals surface area (Å²) in [6.07, 6.45) is 4.79. The number of carbonyl (C=O) groups excluding carboxylic acids is 1. The fourth-order valence-corrected chi connectivity index (χ4v) is 3.23. The Morgan fingerprint density at radius 3 is 2.93 bits per heavy atom. The Morgan fingerprint density at radius 1 is 1.60 bits per heavy atom. The van der Waals surface area contributed by atoms with Crippen molar-refractivity contribution in [3.05, 3.63) is 0 Å². The molecule has 5 heteroatoms. The van der Waals surface area contributed by atoms with Crippen LogP contribution in [0.4, 0.5) is 0 Å². The molecule has 1 heterocycles. The molecule has 0 aliphatic carbocycles. The minimum absolute atomic E-state index is 0.230. The molecule has 0 bridgehead atoms. The summed E-state index contributed by atoms with van der Waals surface area (Å²) in [6, 6.07) is 0. The van der Waals surface area contributed by atoms with Crippen LogP contribution in [-0.2, 0) is 9.53 Å². The molecular formula is C10H19NO2S2. The average Bonchev–Trinajstić information content (AvgIpc) is 2.25. The van der Waals surface area contributed by atoms with Crippen LogP contribution in [0.25, 0.3) is 0 Å². The number of nitrogens with two attached hydrogens (primary N) is 1. The number of ether oxygens (including phenoxy) is 1. The highest BCUT2D eigenvalue weighted by atomic mass is 32.2. The van der Waals surface area contributed by atoms with Crippen molar-refractivity contribution in [3.8, 4) is 0 Å². The van der Waals surface area contributed by atoms with E-state index >= 15 is 0 Å². The van der Waals surface area contributed by atoms with Crippen molar-refractivity contribution < 1.29 is 9.53 Å². The highest BCUT2D eigenvalue weighted by molar-refractivity contribution is 8.01. The Hall–Kier alpha value is 0.130. The summed E-state index contributed by atoms with van der Waals surface area (Å²) in [7, 11) is 0. The zero-order chi connectivity index (χ0) is 11.1. The lowest BCUT2D eigenvalue weighted by atomic mass is 10.2. The van der Waals surface area contributed by atoms with Crippen LogP contribution in [0.1, 0.15) is 32.1 Å². The molecule has 1 aliphatic rings. The van der Waals surface area contributed by atoms with Crippen molar-refractivity contribution >= 4 is 30.3 Å². The number of rotatable bonds is 6. The maximum Gasteiger partial charge on any atom is 0.217 e. The van der Waals surface area contributed by atoms with Crippen LogP contribution in [-0.4, -0.2) is 29.0 Å². The van der Waals surface area contributed by atoms with Gasteiger partial charge in [0.2, 0.25) is 5.91 Å². The van der Waals surface area contributed by atoms with E-state index in [2.05, 4.69) is 12.6 Å². The quantitative estimate of drug-likeness (QED) is 0.706. The lowest BCUT2D eigenvalue weighted by Gasteiger charge is -2.25. The summed E-state index contributed by atoms with van der Waals surface area (Å²) in [4.78, 5) is 10.7. The predicted molar refractivity (Wildman–Crippen MR) is 67.3 cm³/mol. The van der Waals surface area contributed by atoms with Gasteiger partial charge in [-0.25, -0.2) is 0 Å². The van der Waals surface area contributed by atoms with E-state index in [0.717, 1.165) is 25.2 Å². The van der Waals surface area contributed by atoms with Crippen LogP contribution < -0.4 is 5.73 Å². The molecular weight excluding hydrogens is 230 g/mol. The molecule has 2 unspecified atom stereocenters. The van der Waals surface area contributed by atoms with Gasteiger partial charge in [-0.1, -0.05) is 0 Å². The molecule has 2 N–H and O–H groups in total. The summed E-state index contributed by atoms with van der Waals surface area (Å²) in [5, 5.41) is 0.379. The van der Waals surface area contributed by atoms with Crippen molar-refractivity contribution in [3.63, 3.8) is 0 Å². The predicted octanol–water partition coefficient (Wildman–Crippen LogP) is 1.81. The molecule has 0 aromatic carbocycles. The van der Waals surface area contributed by atoms with E-state index in [1.54, 1.807) is 11.8 Å². The average molecular weight is 249 g/mol. The van der Waals surface area contributed by atoms with Crippen LogP contribution in [0.2, 0.25) is 0 Å². The molecule has 0 aromatic rings. The fourth-order valence-electron chi connectivity index (χ4n) is 1.54. The topological polar surface area (TPSA) is 52.3 Å². The number of hydrogen-bond acceptors (Lipinski definition) is 4. The summed E-state index contributed by atoms with van der Waals surface area (Å²) in [6.45, 7) is 0.868. The number of amides is 1. The van der Waals surface area contributed by atoms with Crippen LogP contribution in [0.5, 0.6) is 0 Å². The highest BCUT2D eigenvalue weighted by Crippen LogP contribution is 2.29. The number of carbonyl (C=O) groups is 1. The van der Waals surface area contributed by atoms with Crippen LogP contribution in [0.15, 0.2) is 0 Å². The number of hydrogen-bond donors (Lipinski definition) is 2. The zero-order valence-electron chi connectivity index (χ0n) is 8.85. The summed E-state index contributed by atoms with van der Waals surface area (Å²) in [5.41, 5.74) is 5.42. The Kier molecular flexibility index (Phi) is 6.52. The van der Waals surface area contributed by atoms with E-state index < -0.39 is 0 Å². The van der Waals surface area contributed by atoms with Gasteiger partial charge >= 0.3 is 0 Å². The van der Waals surface area contributed by atoms with Crippen molar-refractivity contribution in [1.82, 2.24) is 0 Å². The van der Waals surface area contributed by atoms with Gasteiger partial charge in [-0.15, -0.1) is 11.8 Å². The van der Waals surface area contributed by atoms with Gasteiger partial charge in [-0.2, -0.15) is 12.6 Å². The van der Waals surface area contributed by atoms with Gasteiger partial charge < -0.3 is 10.5 Å². The molecule has 0 aromatic heterocycles. The first kappa shape index (κ1) is 13.2. The number of primary amides is 1. The Morgan fingerprint density at radius 2 is 2.40 bits per heavy atom. The van der Waals surface area contributed by atoms with Crippen molar-refractivity contribution in [2.75, 3.05) is 12.4 Å². The summed E-state index contributed by atoms with van der Waals surface area (Å²) < 4.78 is 5.63. The van der Waals surface area contributed by atoms with Gasteiger partial charge in [0.1, 0.15) is 5.44 Å². The second-order valence-corrected chi connectivity index (χ2v) is 5.57. The first-order valence-electron chi connectivity index (χ1n) is 5.38. The van der Waals surface area contributed by atoms with Crippen molar-refractivity contribution in [2.24, 2.45) is 5.73 Å². The molecule has 1 rings (SSSR count). The van der Waals surface area contributed by atoms with Gasteiger partial charge in [0.25, 0.3) is 0 Å². The van der Waals surface area contributed by atoms with Gasteiger partial charge in [0.15, 0.2) is 0 Å². The van der Waals surface area contributed by atoms with Gasteiger partial charge in [-0.3, -0.25) is 4.79 Å². The molecule has 1 amide bonds. The van der Waals surface area contributed by atoms with E-state index in [1.807, 2.05) is 0 Å². The maximum atomic E-state index is 10.7. The SMILES string of the molecule is NC(=O)CCC(CS)SC1CCCCO1. The van der Waals surface area contributed by atoms with Crippen molar-refractivity contribution in [1.29, 1.82) is 0 Å². The Labute approximate surface area is 101 Å². The summed E-state index contributed by atoms with van der Waals surface area (Å²) in [5.74, 6) is 0.546. The standard InChI is InChI=1S/C10H19NO2S2/c11-9(12)5-4-8(7-14)15-10-3-1-2-6-13-10/h8,10,14H,1-7H2,(H2,11,12). The third-order valence-electron chi connectivity index (χ3n) is 2.40. The fraction of sp³-hybridized carbons (Fsp3) is 0.900. The number of thioether (sulfide) groups is 1. The normalized spacial score (nSPS) is 23.7. The lowest BCUT2D eigenvalue weighted by molar-refractivity contribution is -0.118. The van der Waals surface area contributed by atoms with E-state index in [4.69, 9.17) is 10.5 Å². The van der Waals surface area contributed by atoms with E-state index in [9.17, 15) is 4.79 Å². The highest BCUT2D eigenvalue weighted by Gasteiger charge is 2.19. The molecule has 88 valence electrons. The van der Waals surface area contributed by atoms with Gasteiger partial charge in [-0.05, 0) is 25.7 Å². The lowest BCUT2D eigenvalue weighted by Crippen LogP contribution is -2.21. The third-order valence-corrected chi connectivity index (χ3v) is 4.55. The van der Waals surface area contributed by atoms with E-state index in [-0.39, 0.29) is 5.91 Å². The first-order chi connectivity index (χ1) is 7.22. The second kappa shape index (κ2) is 7.41. The molecule has 0 radical (unpaired) electrons. The second-order valence-electron chi connectivity index (χ2n) is 3.74. The minimum atomic E-state index is -0.230. The van der Waals surface area contributed by atoms with Gasteiger partial charge in [0.05, 0.1) is 0 Å². The molecule has 3 nitrogen and oxygen atoms in total. The largest absolute Gasteiger partial charge is 0.370 e. The molecule has 1 aliphatic heterocycles. The molecule has 0 saturated carbocycles.